The van der Waals surface area contributed by atoms with Crippen molar-refractivity contribution in [2.24, 2.45) is 0 Å². The molecule has 0 aliphatic carbocycles. The normalized spacial score (nSPS) is 16.2. The molecule has 156 valence electrons. The van der Waals surface area contributed by atoms with Crippen molar-refractivity contribution in [2.75, 3.05) is 19.2 Å². The van der Waals surface area contributed by atoms with Crippen LogP contribution in [-0.4, -0.2) is 30.7 Å². The number of rotatable bonds is 5. The molecule has 0 saturated carbocycles. The average Bonchev–Trinajstić information content (AvgIpc) is 3.37. The molecule has 0 fully saturated rings. The summed E-state index contributed by atoms with van der Waals surface area (Å²) in [5.74, 6) is 0.841. The molecule has 5 rings (SSSR count). The number of anilines is 1. The average molecular weight is 416 g/mol. The highest BCUT2D eigenvalue weighted by molar-refractivity contribution is 6.00. The van der Waals surface area contributed by atoms with Crippen LogP contribution in [0.4, 0.5) is 5.69 Å². The topological polar surface area (TPSA) is 77.1 Å². The fourth-order valence-electron chi connectivity index (χ4n) is 3.97. The second-order valence-electron chi connectivity index (χ2n) is 7.29. The molecule has 1 N–H and O–H groups in total. The number of hydrogen-bond acceptors (Lipinski definition) is 6. The third kappa shape index (κ3) is 3.34. The third-order valence-electron chi connectivity index (χ3n) is 5.47. The van der Waals surface area contributed by atoms with Crippen molar-refractivity contribution in [3.05, 3.63) is 89.0 Å². The molecule has 2 heterocycles. The van der Waals surface area contributed by atoms with E-state index in [1.165, 1.54) is 7.11 Å². The number of nitrogens with zero attached hydrogens (tertiary/aromatic N) is 1. The molecule has 2 aliphatic rings. The molecule has 0 saturated heterocycles. The molecule has 3 aromatic carbocycles. The number of esters is 1. The van der Waals surface area contributed by atoms with Crippen LogP contribution in [0.25, 0.3) is 0 Å². The maximum absolute atomic E-state index is 13.2. The summed E-state index contributed by atoms with van der Waals surface area (Å²) in [5.41, 5.74) is 3.41. The highest BCUT2D eigenvalue weighted by atomic mass is 16.7. The van der Waals surface area contributed by atoms with Crippen LogP contribution in [0, 0.1) is 0 Å². The molecule has 2 aliphatic heterocycles. The van der Waals surface area contributed by atoms with Gasteiger partial charge in [-0.05, 0) is 35.9 Å². The van der Waals surface area contributed by atoms with E-state index >= 15 is 0 Å². The minimum Gasteiger partial charge on any atom is -0.465 e. The minimum absolute atomic E-state index is 0.0821. The first-order chi connectivity index (χ1) is 15.2. The molecule has 0 spiro atoms. The Morgan fingerprint density at radius 1 is 1.06 bits per heavy atom. The summed E-state index contributed by atoms with van der Waals surface area (Å²) < 4.78 is 15.8. The second kappa shape index (κ2) is 7.68. The monoisotopic (exact) mass is 416 g/mol. The number of para-hydroxylation sites is 1. The van der Waals surface area contributed by atoms with Crippen molar-refractivity contribution < 1.29 is 23.8 Å². The third-order valence-corrected chi connectivity index (χ3v) is 5.47. The van der Waals surface area contributed by atoms with Crippen LogP contribution in [0.5, 0.6) is 11.5 Å². The van der Waals surface area contributed by atoms with Gasteiger partial charge in [-0.15, -0.1) is 0 Å². The van der Waals surface area contributed by atoms with E-state index in [4.69, 9.17) is 14.2 Å². The summed E-state index contributed by atoms with van der Waals surface area (Å²) in [5, 5.41) is 3.38. The van der Waals surface area contributed by atoms with Crippen LogP contribution in [0.15, 0.2) is 66.7 Å². The van der Waals surface area contributed by atoms with Crippen LogP contribution < -0.4 is 14.8 Å². The predicted molar refractivity (Wildman–Crippen MR) is 113 cm³/mol. The molecular formula is C24H20N2O5. The number of hydrogen-bond donors (Lipinski definition) is 1. The van der Waals surface area contributed by atoms with Crippen LogP contribution in [0.2, 0.25) is 0 Å². The van der Waals surface area contributed by atoms with E-state index in [-0.39, 0.29) is 12.7 Å². The molecule has 1 unspecified atom stereocenters. The van der Waals surface area contributed by atoms with E-state index in [1.807, 2.05) is 48.5 Å². The lowest BCUT2D eigenvalue weighted by molar-refractivity contribution is 0.0601. The van der Waals surface area contributed by atoms with Gasteiger partial charge < -0.3 is 24.4 Å². The van der Waals surface area contributed by atoms with Crippen LogP contribution in [0.1, 0.15) is 38.0 Å². The Balaban J connectivity index is 1.50. The Kier molecular flexibility index (Phi) is 4.71. The SMILES string of the molecule is COC(=O)c1ccccc1NC1c2ccccc2C(=O)N1Cc1ccc2c(c1)OCO2. The first kappa shape index (κ1) is 19.0. The molecule has 1 amide bonds. The predicted octanol–water partition coefficient (Wildman–Crippen LogP) is 3.97. The van der Waals surface area contributed by atoms with Gasteiger partial charge in [0.2, 0.25) is 6.79 Å². The number of ether oxygens (including phenoxy) is 3. The molecule has 1 atom stereocenters. The summed E-state index contributed by atoms with van der Waals surface area (Å²) in [6.07, 6.45) is -0.445. The molecule has 31 heavy (non-hydrogen) atoms. The number of carbonyl (C=O) groups excluding carboxylic acids is 2. The van der Waals surface area contributed by atoms with Gasteiger partial charge in [0.05, 0.1) is 18.4 Å². The van der Waals surface area contributed by atoms with E-state index in [0.29, 0.717) is 34.9 Å². The summed E-state index contributed by atoms with van der Waals surface area (Å²) >= 11 is 0. The summed E-state index contributed by atoms with van der Waals surface area (Å²) in [4.78, 5) is 27.2. The number of fused-ring (bicyclic) bond motifs is 2. The maximum Gasteiger partial charge on any atom is 0.339 e. The zero-order chi connectivity index (χ0) is 21.4. The molecule has 0 bridgehead atoms. The molecule has 3 aromatic rings. The van der Waals surface area contributed by atoms with Crippen molar-refractivity contribution in [3.63, 3.8) is 0 Å². The number of benzene rings is 3. The van der Waals surface area contributed by atoms with Crippen molar-refractivity contribution in [1.29, 1.82) is 0 Å². The molecule has 7 nitrogen and oxygen atoms in total. The van der Waals surface area contributed by atoms with Crippen molar-refractivity contribution in [2.45, 2.75) is 12.7 Å². The Morgan fingerprint density at radius 2 is 1.84 bits per heavy atom. The number of nitrogens with one attached hydrogen (secondary N) is 1. The number of carbonyl (C=O) groups is 2. The van der Waals surface area contributed by atoms with E-state index in [9.17, 15) is 9.59 Å². The van der Waals surface area contributed by atoms with Crippen LogP contribution >= 0.6 is 0 Å². The molecule has 7 heteroatoms. The summed E-state index contributed by atoms with van der Waals surface area (Å²) in [7, 11) is 1.35. The smallest absolute Gasteiger partial charge is 0.339 e. The summed E-state index contributed by atoms with van der Waals surface area (Å²) in [6.45, 7) is 0.559. The molecular weight excluding hydrogens is 396 g/mol. The Labute approximate surface area is 179 Å². The van der Waals surface area contributed by atoms with Gasteiger partial charge in [-0.25, -0.2) is 4.79 Å². The number of methoxy groups -OCH3 is 1. The fourth-order valence-corrected chi connectivity index (χ4v) is 3.97. The number of amides is 1. The fraction of sp³-hybridized carbons (Fsp3) is 0.167. The van der Waals surface area contributed by atoms with E-state index in [1.54, 1.807) is 23.1 Å². The maximum atomic E-state index is 13.2. The Hall–Kier alpha value is -4.00. The van der Waals surface area contributed by atoms with Crippen LogP contribution in [0.3, 0.4) is 0 Å². The first-order valence-corrected chi connectivity index (χ1v) is 9.88. The minimum atomic E-state index is -0.445. The quantitative estimate of drug-likeness (QED) is 0.635. The van der Waals surface area contributed by atoms with Gasteiger partial charge in [0.15, 0.2) is 11.5 Å². The van der Waals surface area contributed by atoms with Crippen LogP contribution in [-0.2, 0) is 11.3 Å². The lowest BCUT2D eigenvalue weighted by Crippen LogP contribution is -2.32. The second-order valence-corrected chi connectivity index (χ2v) is 7.29. The van der Waals surface area contributed by atoms with Gasteiger partial charge >= 0.3 is 5.97 Å². The molecule has 0 aromatic heterocycles. The van der Waals surface area contributed by atoms with Gasteiger partial charge in [-0.3, -0.25) is 4.79 Å². The van der Waals surface area contributed by atoms with E-state index in [2.05, 4.69) is 5.32 Å². The largest absolute Gasteiger partial charge is 0.465 e. The molecule has 0 radical (unpaired) electrons. The van der Waals surface area contributed by atoms with Gasteiger partial charge in [-0.2, -0.15) is 0 Å². The lowest BCUT2D eigenvalue weighted by atomic mass is 10.1. The van der Waals surface area contributed by atoms with Crippen molar-refractivity contribution in [3.8, 4) is 11.5 Å². The highest BCUT2D eigenvalue weighted by Gasteiger charge is 2.37. The van der Waals surface area contributed by atoms with Gasteiger partial charge in [0, 0.05) is 17.7 Å². The Bertz CT molecular complexity index is 1180. The van der Waals surface area contributed by atoms with E-state index < -0.39 is 12.1 Å². The van der Waals surface area contributed by atoms with Gasteiger partial charge in [0.1, 0.15) is 6.17 Å². The summed E-state index contributed by atoms with van der Waals surface area (Å²) in [6, 6.07) is 20.2. The van der Waals surface area contributed by atoms with Crippen molar-refractivity contribution >= 4 is 17.6 Å². The van der Waals surface area contributed by atoms with Gasteiger partial charge in [-0.1, -0.05) is 36.4 Å². The Morgan fingerprint density at radius 3 is 2.71 bits per heavy atom. The lowest BCUT2D eigenvalue weighted by Gasteiger charge is -2.28. The zero-order valence-corrected chi connectivity index (χ0v) is 16.8. The van der Waals surface area contributed by atoms with E-state index in [0.717, 1.165) is 11.1 Å². The first-order valence-electron chi connectivity index (χ1n) is 9.88. The zero-order valence-electron chi connectivity index (χ0n) is 16.8. The van der Waals surface area contributed by atoms with Crippen molar-refractivity contribution in [1.82, 2.24) is 4.90 Å². The van der Waals surface area contributed by atoms with Gasteiger partial charge in [0.25, 0.3) is 5.91 Å². The standard InChI is InChI=1S/C24H20N2O5/c1-29-24(28)18-8-4-5-9-19(18)25-22-16-6-2-3-7-17(16)23(27)26(22)13-15-10-11-20-21(12-15)31-14-30-20/h2-12,22,25H,13-14H2,1H3. The highest BCUT2D eigenvalue weighted by Crippen LogP contribution is 2.38.